The summed E-state index contributed by atoms with van der Waals surface area (Å²) in [7, 11) is 0. The summed E-state index contributed by atoms with van der Waals surface area (Å²) in [6, 6.07) is 1.83. The molecule has 0 saturated heterocycles. The Bertz CT molecular complexity index is 763. The maximum atomic E-state index is 11.9. The zero-order valence-electron chi connectivity index (χ0n) is 20.2. The van der Waals surface area contributed by atoms with E-state index >= 15 is 0 Å². The van der Waals surface area contributed by atoms with Crippen molar-refractivity contribution in [1.29, 1.82) is 0 Å². The molecule has 0 amide bonds. The fraction of sp³-hybridized carbons (Fsp3) is 0.556. The van der Waals surface area contributed by atoms with Crippen LogP contribution in [0.2, 0.25) is 0 Å². The highest BCUT2D eigenvalue weighted by molar-refractivity contribution is 5.80. The van der Waals surface area contributed by atoms with E-state index in [-0.39, 0.29) is 12.1 Å². The number of esters is 1. The predicted octanol–water partition coefficient (Wildman–Crippen LogP) is 7.68. The first-order chi connectivity index (χ1) is 14.7. The molecule has 0 fully saturated rings. The summed E-state index contributed by atoms with van der Waals surface area (Å²) in [4.78, 5) is 23.3. The van der Waals surface area contributed by atoms with Crippen LogP contribution in [-0.4, -0.2) is 11.8 Å². The van der Waals surface area contributed by atoms with Gasteiger partial charge in [-0.3, -0.25) is 9.59 Å². The van der Waals surface area contributed by atoms with Gasteiger partial charge in [-0.1, -0.05) is 48.8 Å². The number of carbonyl (C=O) groups is 2. The molecule has 172 valence electrons. The Balaban J connectivity index is 2.40. The Morgan fingerprint density at radius 1 is 0.968 bits per heavy atom. The minimum absolute atomic E-state index is 0.288. The molecule has 4 heteroatoms. The number of allylic oxidation sites excluding steroid dienone is 5. The van der Waals surface area contributed by atoms with E-state index in [1.807, 2.05) is 6.07 Å². The van der Waals surface area contributed by atoms with Gasteiger partial charge in [-0.05, 0) is 58.4 Å². The summed E-state index contributed by atoms with van der Waals surface area (Å²) >= 11 is 0. The quantitative estimate of drug-likeness (QED) is 0.225. The summed E-state index contributed by atoms with van der Waals surface area (Å²) in [6.07, 6.45) is 15.4. The van der Waals surface area contributed by atoms with Crippen LogP contribution in [0.25, 0.3) is 0 Å². The minimum atomic E-state index is -0.300. The van der Waals surface area contributed by atoms with E-state index in [1.54, 1.807) is 12.5 Å². The lowest BCUT2D eigenvalue weighted by Crippen LogP contribution is -2.07. The van der Waals surface area contributed by atoms with Crippen LogP contribution < -0.4 is 0 Å². The number of rotatable bonds is 14. The first-order valence-electron chi connectivity index (χ1n) is 11.3. The molecule has 1 aromatic heterocycles. The van der Waals surface area contributed by atoms with Gasteiger partial charge in [0.15, 0.2) is 0 Å². The molecule has 0 aliphatic rings. The van der Waals surface area contributed by atoms with Gasteiger partial charge in [-0.2, -0.15) is 0 Å². The Kier molecular flexibility index (Phi) is 12.6. The van der Waals surface area contributed by atoms with E-state index in [9.17, 15) is 9.59 Å². The van der Waals surface area contributed by atoms with Crippen molar-refractivity contribution in [2.24, 2.45) is 5.92 Å². The van der Waals surface area contributed by atoms with Gasteiger partial charge < -0.3 is 9.15 Å². The molecule has 1 aromatic rings. The number of hydrogen-bond donors (Lipinski definition) is 0. The third-order valence-electron chi connectivity index (χ3n) is 5.08. The lowest BCUT2D eigenvalue weighted by atomic mass is 10.0. The molecule has 31 heavy (non-hydrogen) atoms. The Morgan fingerprint density at radius 3 is 2.13 bits per heavy atom. The van der Waals surface area contributed by atoms with Crippen LogP contribution in [0.5, 0.6) is 0 Å². The molecule has 1 atom stereocenters. The van der Waals surface area contributed by atoms with Crippen LogP contribution >= 0.6 is 0 Å². The Hall–Kier alpha value is -2.36. The summed E-state index contributed by atoms with van der Waals surface area (Å²) in [5.41, 5.74) is 4.71. The van der Waals surface area contributed by atoms with Crippen molar-refractivity contribution >= 4 is 11.8 Å². The largest absolute Gasteiger partial charge is 0.472 e. The second-order valence-corrected chi connectivity index (χ2v) is 8.93. The van der Waals surface area contributed by atoms with Gasteiger partial charge >= 0.3 is 5.97 Å². The molecule has 0 bridgehead atoms. The summed E-state index contributed by atoms with van der Waals surface area (Å²) in [5.74, 6) is 0.479. The van der Waals surface area contributed by atoms with Crippen LogP contribution in [-0.2, 0) is 14.3 Å². The van der Waals surface area contributed by atoms with E-state index in [0.29, 0.717) is 31.0 Å². The zero-order chi connectivity index (χ0) is 23.2. The molecule has 0 aliphatic carbocycles. The molecule has 4 nitrogen and oxygen atoms in total. The Morgan fingerprint density at radius 2 is 1.58 bits per heavy atom. The van der Waals surface area contributed by atoms with Crippen molar-refractivity contribution in [1.82, 2.24) is 0 Å². The second-order valence-electron chi connectivity index (χ2n) is 8.93. The van der Waals surface area contributed by atoms with Crippen molar-refractivity contribution < 1.29 is 18.7 Å². The normalized spacial score (nSPS) is 14.1. The van der Waals surface area contributed by atoms with Crippen molar-refractivity contribution in [2.75, 3.05) is 0 Å². The molecule has 1 rings (SSSR count). The highest BCUT2D eigenvalue weighted by Gasteiger charge is 2.14. The van der Waals surface area contributed by atoms with Crippen LogP contribution in [0.4, 0.5) is 0 Å². The average molecular weight is 429 g/mol. The Labute approximate surface area is 188 Å². The van der Waals surface area contributed by atoms with Crippen LogP contribution in [0.3, 0.4) is 0 Å². The fourth-order valence-corrected chi connectivity index (χ4v) is 3.43. The van der Waals surface area contributed by atoms with E-state index < -0.39 is 0 Å². The van der Waals surface area contributed by atoms with Crippen molar-refractivity contribution in [3.05, 3.63) is 59.1 Å². The highest BCUT2D eigenvalue weighted by Crippen LogP contribution is 2.24. The molecule has 0 aliphatic heterocycles. The van der Waals surface area contributed by atoms with Crippen LogP contribution in [0.15, 0.2) is 58.0 Å². The molecular weight excluding hydrogens is 388 g/mol. The number of carbonyl (C=O) groups excluding carboxylic acids is 2. The first-order valence-corrected chi connectivity index (χ1v) is 11.3. The maximum absolute atomic E-state index is 11.9. The lowest BCUT2D eigenvalue weighted by molar-refractivity contribution is -0.146. The smallest absolute Gasteiger partial charge is 0.303 e. The molecule has 0 spiro atoms. The standard InChI is InChI=1S/C27H40O4/c1-20(2)17-26(29)18-23(5)12-8-10-21(3)9-7-11-22(4)13-14-27(31-24(6)28)25-15-16-30-19-25/h9,12-13,15-16,19-20,27H,7-8,10-11,14,17-18H2,1-6H3/b21-9+,22-13+,23-12+/t27-/m0/s1. The molecule has 0 aromatic carbocycles. The van der Waals surface area contributed by atoms with Gasteiger partial charge in [-0.25, -0.2) is 0 Å². The van der Waals surface area contributed by atoms with Crippen molar-refractivity contribution in [2.45, 2.75) is 92.6 Å². The second kappa shape index (κ2) is 14.6. The number of Topliss-reactive ketones (excluding diaryl/α,β-unsaturated/α-hetero) is 1. The van der Waals surface area contributed by atoms with Crippen molar-refractivity contribution in [3.8, 4) is 0 Å². The summed E-state index contributed by atoms with van der Waals surface area (Å²) in [6.45, 7) is 11.9. The predicted molar refractivity (Wildman–Crippen MR) is 127 cm³/mol. The van der Waals surface area contributed by atoms with E-state index in [1.165, 1.54) is 23.6 Å². The number of hydrogen-bond acceptors (Lipinski definition) is 4. The lowest BCUT2D eigenvalue weighted by Gasteiger charge is -2.14. The summed E-state index contributed by atoms with van der Waals surface area (Å²) in [5, 5.41) is 0. The number of furan rings is 1. The third-order valence-corrected chi connectivity index (χ3v) is 5.08. The number of ether oxygens (including phenoxy) is 1. The zero-order valence-corrected chi connectivity index (χ0v) is 20.2. The van der Waals surface area contributed by atoms with E-state index in [0.717, 1.165) is 31.2 Å². The van der Waals surface area contributed by atoms with E-state index in [4.69, 9.17) is 9.15 Å². The SMILES string of the molecule is CC(=O)O[C@@H](C/C=C(\C)CC/C=C(\C)CC/C=C(\C)CC(=O)CC(C)C)c1ccoc1. The van der Waals surface area contributed by atoms with Gasteiger partial charge in [-0.15, -0.1) is 0 Å². The molecular formula is C27H40O4. The topological polar surface area (TPSA) is 56.5 Å². The molecule has 0 saturated carbocycles. The first kappa shape index (κ1) is 26.7. The molecule has 1 heterocycles. The number of ketones is 1. The molecule has 0 unspecified atom stereocenters. The summed E-state index contributed by atoms with van der Waals surface area (Å²) < 4.78 is 10.5. The fourth-order valence-electron chi connectivity index (χ4n) is 3.43. The van der Waals surface area contributed by atoms with Crippen LogP contribution in [0.1, 0.15) is 98.2 Å². The monoisotopic (exact) mass is 428 g/mol. The average Bonchev–Trinajstić information content (AvgIpc) is 3.18. The van der Waals surface area contributed by atoms with Crippen LogP contribution in [0, 0.1) is 5.92 Å². The highest BCUT2D eigenvalue weighted by atomic mass is 16.5. The van der Waals surface area contributed by atoms with Gasteiger partial charge in [0.05, 0.1) is 12.5 Å². The third kappa shape index (κ3) is 12.8. The molecule has 0 N–H and O–H groups in total. The van der Waals surface area contributed by atoms with Gasteiger partial charge in [0.2, 0.25) is 0 Å². The minimum Gasteiger partial charge on any atom is -0.472 e. The van der Waals surface area contributed by atoms with Gasteiger partial charge in [0, 0.05) is 31.7 Å². The molecule has 0 radical (unpaired) electrons. The van der Waals surface area contributed by atoms with Gasteiger partial charge in [0.25, 0.3) is 0 Å². The van der Waals surface area contributed by atoms with Crippen molar-refractivity contribution in [3.63, 3.8) is 0 Å². The maximum Gasteiger partial charge on any atom is 0.303 e. The van der Waals surface area contributed by atoms with E-state index in [2.05, 4.69) is 52.8 Å². The van der Waals surface area contributed by atoms with Gasteiger partial charge in [0.1, 0.15) is 11.9 Å².